The van der Waals surface area contributed by atoms with E-state index in [4.69, 9.17) is 14.7 Å². The number of nitrogens with zero attached hydrogens (tertiary/aromatic N) is 3. The zero-order chi connectivity index (χ0) is 31.9. The molecule has 240 valence electrons. The van der Waals surface area contributed by atoms with Crippen LogP contribution in [0, 0.1) is 11.3 Å². The van der Waals surface area contributed by atoms with Gasteiger partial charge in [-0.15, -0.1) is 0 Å². The second-order valence-electron chi connectivity index (χ2n) is 13.9. The van der Waals surface area contributed by atoms with Crippen LogP contribution in [0.25, 0.3) is 0 Å². The van der Waals surface area contributed by atoms with Crippen LogP contribution in [0.1, 0.15) is 58.9 Å². The Labute approximate surface area is 267 Å². The minimum Gasteiger partial charge on any atom is -0.399 e. The number of nitrogens with one attached hydrogen (secondary N) is 2. The van der Waals surface area contributed by atoms with E-state index in [-0.39, 0.29) is 36.6 Å². The molecule has 2 aromatic rings. The van der Waals surface area contributed by atoms with E-state index >= 15 is 0 Å². The normalized spacial score (nSPS) is 24.2. The van der Waals surface area contributed by atoms with E-state index in [9.17, 15) is 9.59 Å². The van der Waals surface area contributed by atoms with Crippen LogP contribution in [0.15, 0.2) is 42.5 Å². The van der Waals surface area contributed by atoms with Gasteiger partial charge in [-0.05, 0) is 76.7 Å². The maximum absolute atomic E-state index is 12.5. The highest BCUT2D eigenvalue weighted by atomic mass is 16.7. The lowest BCUT2D eigenvalue weighted by Gasteiger charge is -2.44. The minimum atomic E-state index is -0.589. The van der Waals surface area contributed by atoms with Gasteiger partial charge in [0.2, 0.25) is 11.8 Å². The number of carbonyl (C=O) groups is 2. The number of para-hydroxylation sites is 1. The number of nitrogens with two attached hydrogens (primary N) is 1. The van der Waals surface area contributed by atoms with Crippen molar-refractivity contribution < 1.29 is 24.2 Å². The lowest BCUT2D eigenvalue weighted by atomic mass is 9.79. The number of piperidine rings is 2. The molecule has 4 heterocycles. The summed E-state index contributed by atoms with van der Waals surface area (Å²) in [5, 5.41) is 13.3. The summed E-state index contributed by atoms with van der Waals surface area (Å²) in [7, 11) is 1.66. The maximum atomic E-state index is 12.5. The Bertz CT molecular complexity index is 1410. The number of piperazine rings is 1. The quantitative estimate of drug-likeness (QED) is 0.189. The number of imide groups is 1. The van der Waals surface area contributed by atoms with E-state index in [1.54, 1.807) is 0 Å². The Hall–Kier alpha value is -3.25. The van der Waals surface area contributed by atoms with Gasteiger partial charge >= 0.3 is 7.12 Å². The van der Waals surface area contributed by atoms with Crippen LogP contribution in [0.4, 0.5) is 17.1 Å². The van der Waals surface area contributed by atoms with Crippen LogP contribution in [-0.4, -0.2) is 93.1 Å². The van der Waals surface area contributed by atoms with Gasteiger partial charge in [-0.2, -0.15) is 0 Å². The Kier molecular flexibility index (Phi) is 8.82. The number of amides is 2. The molecule has 4 aliphatic rings. The summed E-state index contributed by atoms with van der Waals surface area (Å²) < 4.78 is 12.5. The Morgan fingerprint density at radius 2 is 1.53 bits per heavy atom. The average molecular weight is 616 g/mol. The summed E-state index contributed by atoms with van der Waals surface area (Å²) in [6, 6.07) is 15.3. The van der Waals surface area contributed by atoms with Crippen molar-refractivity contribution in [2.24, 2.45) is 5.92 Å². The monoisotopic (exact) mass is 615 g/mol. The second kappa shape index (κ2) is 12.5. The minimum absolute atomic E-state index is 0.253. The fourth-order valence-corrected chi connectivity index (χ4v) is 7.16. The van der Waals surface area contributed by atoms with Crippen LogP contribution >= 0.6 is 0 Å². The predicted octanol–water partition coefficient (Wildman–Crippen LogP) is 2.02. The molecule has 4 aliphatic heterocycles. The molecule has 10 nitrogen and oxygen atoms in total. The van der Waals surface area contributed by atoms with Crippen LogP contribution in [0.5, 0.6) is 0 Å². The highest BCUT2D eigenvalue weighted by Crippen LogP contribution is 2.37. The third-order valence-electron chi connectivity index (χ3n) is 10.7. The topological polar surface area (TPSA) is 115 Å². The Balaban J connectivity index is 1.03. The van der Waals surface area contributed by atoms with Crippen LogP contribution in [0.3, 0.4) is 0 Å². The van der Waals surface area contributed by atoms with Gasteiger partial charge in [-0.1, -0.05) is 18.2 Å². The molecule has 0 spiro atoms. The molecule has 0 aliphatic carbocycles. The smallest absolute Gasteiger partial charge is 0.399 e. The van der Waals surface area contributed by atoms with Crippen molar-refractivity contribution in [3.05, 3.63) is 48.0 Å². The van der Waals surface area contributed by atoms with Crippen molar-refractivity contribution in [2.45, 2.75) is 70.6 Å². The molecule has 0 radical (unpaired) electrons. The highest BCUT2D eigenvalue weighted by Gasteiger charge is 2.51. The van der Waals surface area contributed by atoms with Crippen molar-refractivity contribution in [2.75, 3.05) is 56.1 Å². The SMILES string of the molecule is C[NH2+]c1c(C(=N)C2CCC(=O)NC2=O)cccc1N1CCC(N2CCN(c3ccc(B4OC(C)(C)C(C)(C)O4)cc3)CC2)CC1. The van der Waals surface area contributed by atoms with Gasteiger partial charge in [-0.3, -0.25) is 19.8 Å². The van der Waals surface area contributed by atoms with Crippen molar-refractivity contribution in [3.8, 4) is 0 Å². The van der Waals surface area contributed by atoms with Gasteiger partial charge in [0.25, 0.3) is 0 Å². The molecule has 4 N–H and O–H groups in total. The number of hydrogen-bond acceptors (Lipinski definition) is 8. The lowest BCUT2D eigenvalue weighted by Crippen LogP contribution is -2.74. The van der Waals surface area contributed by atoms with Crippen molar-refractivity contribution in [3.63, 3.8) is 0 Å². The van der Waals surface area contributed by atoms with Gasteiger partial charge in [0.1, 0.15) is 0 Å². The summed E-state index contributed by atoms with van der Waals surface area (Å²) in [6.07, 6.45) is 2.87. The van der Waals surface area contributed by atoms with E-state index in [0.29, 0.717) is 18.2 Å². The van der Waals surface area contributed by atoms with Crippen LogP contribution in [-0.2, 0) is 18.9 Å². The lowest BCUT2D eigenvalue weighted by molar-refractivity contribution is -0.538. The maximum Gasteiger partial charge on any atom is 0.494 e. The Morgan fingerprint density at radius 1 is 0.889 bits per heavy atom. The molecule has 45 heavy (non-hydrogen) atoms. The van der Waals surface area contributed by atoms with Gasteiger partial charge in [0, 0.05) is 57.4 Å². The average Bonchev–Trinajstić information content (AvgIpc) is 3.26. The van der Waals surface area contributed by atoms with E-state index in [1.807, 2.05) is 19.2 Å². The number of carbonyl (C=O) groups excluding carboxylic acids is 2. The molecule has 11 heteroatoms. The largest absolute Gasteiger partial charge is 0.494 e. The van der Waals surface area contributed by atoms with Crippen molar-refractivity contribution in [1.82, 2.24) is 10.2 Å². The summed E-state index contributed by atoms with van der Waals surface area (Å²) >= 11 is 0. The number of anilines is 2. The van der Waals surface area contributed by atoms with Crippen LogP contribution < -0.4 is 25.9 Å². The number of benzene rings is 2. The summed E-state index contributed by atoms with van der Waals surface area (Å²) in [4.78, 5) is 31.7. The van der Waals surface area contributed by atoms with Gasteiger partial charge in [-0.25, -0.2) is 0 Å². The first kappa shape index (κ1) is 31.7. The molecule has 0 bridgehead atoms. The number of rotatable bonds is 7. The van der Waals surface area contributed by atoms with Crippen molar-refractivity contribution in [1.29, 1.82) is 5.41 Å². The van der Waals surface area contributed by atoms with E-state index in [2.05, 4.69) is 83.4 Å². The van der Waals surface area contributed by atoms with E-state index in [1.165, 1.54) is 5.69 Å². The van der Waals surface area contributed by atoms with Crippen molar-refractivity contribution >= 4 is 47.2 Å². The van der Waals surface area contributed by atoms with Gasteiger partial charge < -0.3 is 29.8 Å². The molecule has 4 saturated heterocycles. The molecule has 2 aromatic carbocycles. The summed E-state index contributed by atoms with van der Waals surface area (Å²) in [5.41, 5.74) is 4.83. The number of quaternary nitrogens is 1. The molecule has 1 atom stereocenters. The standard InChI is InChI=1S/C34H47BN6O4/c1-33(2)34(3,4)45-35(44-33)23-9-11-24(12-10-23)39-19-21-40(22-20-39)25-15-17-41(18-16-25)28-8-6-7-26(31(28)37-5)30(36)27-13-14-29(42)38-32(27)43/h6-12,25,27,36-37H,13-22H2,1-5H3,(H,38,42,43)/p+1. The Morgan fingerprint density at radius 3 is 2.13 bits per heavy atom. The first-order valence-electron chi connectivity index (χ1n) is 16.5. The molecular weight excluding hydrogens is 567 g/mol. The van der Waals surface area contributed by atoms with Gasteiger partial charge in [0.15, 0.2) is 5.69 Å². The molecule has 4 fully saturated rings. The molecular formula is C34H48BN6O4+. The zero-order valence-electron chi connectivity index (χ0n) is 27.4. The third kappa shape index (κ3) is 6.28. The first-order chi connectivity index (χ1) is 21.5. The highest BCUT2D eigenvalue weighted by molar-refractivity contribution is 6.62. The van der Waals surface area contributed by atoms with E-state index in [0.717, 1.165) is 74.5 Å². The molecule has 6 rings (SSSR count). The molecule has 0 saturated carbocycles. The van der Waals surface area contributed by atoms with E-state index < -0.39 is 5.92 Å². The summed E-state index contributed by atoms with van der Waals surface area (Å²) in [6.45, 7) is 14.4. The molecule has 2 amide bonds. The summed E-state index contributed by atoms with van der Waals surface area (Å²) in [5.74, 6) is -1.20. The predicted molar refractivity (Wildman–Crippen MR) is 178 cm³/mol. The molecule has 1 unspecified atom stereocenters. The second-order valence-corrected chi connectivity index (χ2v) is 13.9. The third-order valence-corrected chi connectivity index (χ3v) is 10.7. The zero-order valence-corrected chi connectivity index (χ0v) is 27.4. The first-order valence-corrected chi connectivity index (χ1v) is 16.5. The van der Waals surface area contributed by atoms with Crippen LogP contribution in [0.2, 0.25) is 0 Å². The number of hydrogen-bond donors (Lipinski definition) is 3. The fraction of sp³-hybridized carbons (Fsp3) is 0.559. The molecule has 0 aromatic heterocycles. The van der Waals surface area contributed by atoms with Gasteiger partial charge in [0.05, 0.1) is 41.1 Å². The fourth-order valence-electron chi connectivity index (χ4n) is 7.16.